The maximum absolute atomic E-state index is 11.3. The van der Waals surface area contributed by atoms with Crippen LogP contribution in [0.4, 0.5) is 0 Å². The summed E-state index contributed by atoms with van der Waals surface area (Å²) >= 11 is 0. The zero-order valence-electron chi connectivity index (χ0n) is 13.1. The summed E-state index contributed by atoms with van der Waals surface area (Å²) < 4.78 is 0. The lowest BCUT2D eigenvalue weighted by Crippen LogP contribution is -2.56. The van der Waals surface area contributed by atoms with Gasteiger partial charge in [0.1, 0.15) is 6.04 Å². The van der Waals surface area contributed by atoms with Crippen LogP contribution in [0, 0.1) is 17.8 Å². The Kier molecular flexibility index (Phi) is 7.64. The van der Waals surface area contributed by atoms with E-state index < -0.39 is 5.97 Å². The van der Waals surface area contributed by atoms with Gasteiger partial charge in [-0.2, -0.15) is 0 Å². The molecule has 1 N–H and O–H groups in total. The summed E-state index contributed by atoms with van der Waals surface area (Å²) in [6.45, 7) is 10.6. The fraction of sp³-hybridized carbons (Fsp3) is 0.812. The van der Waals surface area contributed by atoms with Crippen molar-refractivity contribution in [3.05, 3.63) is 0 Å². The second-order valence-electron chi connectivity index (χ2n) is 5.77. The zero-order chi connectivity index (χ0) is 15.0. The lowest BCUT2D eigenvalue weighted by molar-refractivity contribution is -0.145. The second kappa shape index (κ2) is 8.99. The predicted octanol–water partition coefficient (Wildman–Crippen LogP) is 1.91. The third kappa shape index (κ3) is 5.94. The highest BCUT2D eigenvalue weighted by Gasteiger charge is 2.31. The molecule has 20 heavy (non-hydrogen) atoms. The lowest BCUT2D eigenvalue weighted by atomic mass is 10.1. The number of hydrogen-bond donors (Lipinski definition) is 1. The molecule has 1 atom stereocenters. The van der Waals surface area contributed by atoms with Crippen LogP contribution in [0.2, 0.25) is 0 Å². The van der Waals surface area contributed by atoms with Crippen molar-refractivity contribution in [3.8, 4) is 11.8 Å². The van der Waals surface area contributed by atoms with Crippen molar-refractivity contribution in [1.82, 2.24) is 9.80 Å². The van der Waals surface area contributed by atoms with Crippen LogP contribution in [0.15, 0.2) is 0 Å². The zero-order valence-corrected chi connectivity index (χ0v) is 13.1. The van der Waals surface area contributed by atoms with Gasteiger partial charge < -0.3 is 5.11 Å². The van der Waals surface area contributed by atoms with Crippen LogP contribution < -0.4 is 0 Å². The normalized spacial score (nSPS) is 20.7. The van der Waals surface area contributed by atoms with Gasteiger partial charge in [-0.1, -0.05) is 20.8 Å². The topological polar surface area (TPSA) is 43.8 Å². The van der Waals surface area contributed by atoms with E-state index in [2.05, 4.69) is 42.4 Å². The molecule has 1 heterocycles. The van der Waals surface area contributed by atoms with Crippen molar-refractivity contribution in [2.75, 3.05) is 32.7 Å². The van der Waals surface area contributed by atoms with Crippen LogP contribution in [0.25, 0.3) is 0 Å². The number of carboxylic acids is 1. The molecule has 114 valence electrons. The Morgan fingerprint density at radius 3 is 2.70 bits per heavy atom. The van der Waals surface area contributed by atoms with Crippen molar-refractivity contribution in [2.24, 2.45) is 5.92 Å². The van der Waals surface area contributed by atoms with Crippen LogP contribution >= 0.6 is 0 Å². The Labute approximate surface area is 123 Å². The summed E-state index contributed by atoms with van der Waals surface area (Å²) in [5, 5.41) is 9.33. The largest absolute Gasteiger partial charge is 0.480 e. The molecule has 1 unspecified atom stereocenters. The average Bonchev–Trinajstić information content (AvgIpc) is 2.39. The first kappa shape index (κ1) is 17.0. The quantitative estimate of drug-likeness (QED) is 0.596. The van der Waals surface area contributed by atoms with Gasteiger partial charge in [0.2, 0.25) is 0 Å². The fourth-order valence-electron chi connectivity index (χ4n) is 2.54. The first-order valence-corrected chi connectivity index (χ1v) is 7.72. The van der Waals surface area contributed by atoms with Gasteiger partial charge in [-0.25, -0.2) is 0 Å². The number of aliphatic carboxylic acids is 1. The molecule has 1 aliphatic heterocycles. The molecular formula is C16H28N2O2. The predicted molar refractivity (Wildman–Crippen MR) is 81.6 cm³/mol. The van der Waals surface area contributed by atoms with Crippen molar-refractivity contribution in [1.29, 1.82) is 0 Å². The maximum Gasteiger partial charge on any atom is 0.322 e. The summed E-state index contributed by atoms with van der Waals surface area (Å²) in [7, 11) is 0. The Hall–Kier alpha value is -1.05. The molecule has 0 aromatic heterocycles. The molecule has 4 nitrogen and oxygen atoms in total. The summed E-state index contributed by atoms with van der Waals surface area (Å²) in [5.41, 5.74) is 0. The van der Waals surface area contributed by atoms with E-state index in [4.69, 9.17) is 0 Å². The molecule has 1 fully saturated rings. The Morgan fingerprint density at radius 1 is 1.35 bits per heavy atom. The van der Waals surface area contributed by atoms with E-state index in [1.54, 1.807) is 0 Å². The summed E-state index contributed by atoms with van der Waals surface area (Å²) in [6.07, 6.45) is 2.94. The number of carbonyl (C=O) groups is 1. The molecule has 1 saturated heterocycles. The van der Waals surface area contributed by atoms with Gasteiger partial charge >= 0.3 is 5.97 Å². The van der Waals surface area contributed by atoms with E-state index in [1.165, 1.54) is 0 Å². The number of piperazine rings is 1. The number of nitrogens with zero attached hydrogens (tertiary/aromatic N) is 2. The van der Waals surface area contributed by atoms with Crippen LogP contribution in [0.1, 0.15) is 40.0 Å². The van der Waals surface area contributed by atoms with E-state index in [0.717, 1.165) is 45.4 Å². The molecule has 0 amide bonds. The summed E-state index contributed by atoms with van der Waals surface area (Å²) in [4.78, 5) is 15.7. The molecule has 0 saturated carbocycles. The Balaban J connectivity index is 2.35. The minimum atomic E-state index is -0.692. The van der Waals surface area contributed by atoms with Crippen molar-refractivity contribution in [2.45, 2.75) is 46.1 Å². The molecule has 0 aliphatic carbocycles. The highest BCUT2D eigenvalue weighted by molar-refractivity contribution is 5.74. The Bertz CT molecular complexity index is 357. The molecule has 4 heteroatoms. The molecule has 0 spiro atoms. The number of hydrogen-bond acceptors (Lipinski definition) is 3. The lowest BCUT2D eigenvalue weighted by Gasteiger charge is -2.39. The van der Waals surface area contributed by atoms with E-state index in [0.29, 0.717) is 12.5 Å². The third-order valence-electron chi connectivity index (χ3n) is 3.54. The SMILES string of the molecule is CCCN1CCN(CCCC#CC(C)C)CC1C(=O)O. The van der Waals surface area contributed by atoms with Crippen molar-refractivity contribution in [3.63, 3.8) is 0 Å². The van der Waals surface area contributed by atoms with Crippen LogP contribution in [0.3, 0.4) is 0 Å². The fourth-order valence-corrected chi connectivity index (χ4v) is 2.54. The van der Waals surface area contributed by atoms with E-state index in [-0.39, 0.29) is 6.04 Å². The molecular weight excluding hydrogens is 252 g/mol. The highest BCUT2D eigenvalue weighted by atomic mass is 16.4. The third-order valence-corrected chi connectivity index (χ3v) is 3.54. The average molecular weight is 280 g/mol. The number of rotatable bonds is 6. The van der Waals surface area contributed by atoms with Crippen LogP contribution in [0.5, 0.6) is 0 Å². The van der Waals surface area contributed by atoms with Crippen molar-refractivity contribution < 1.29 is 9.90 Å². The van der Waals surface area contributed by atoms with Crippen LogP contribution in [-0.4, -0.2) is 59.6 Å². The Morgan fingerprint density at radius 2 is 2.10 bits per heavy atom. The summed E-state index contributed by atoms with van der Waals surface area (Å²) in [5.74, 6) is 6.09. The van der Waals surface area contributed by atoms with E-state index >= 15 is 0 Å². The standard InChI is InChI=1S/C16H28N2O2/c1-4-9-18-12-11-17(13-15(18)16(19)20)10-7-5-6-8-14(2)3/h14-15H,4-5,7,9-13H2,1-3H3,(H,19,20). The van der Waals surface area contributed by atoms with E-state index in [1.807, 2.05) is 0 Å². The van der Waals surface area contributed by atoms with Gasteiger partial charge in [0.15, 0.2) is 0 Å². The number of unbranched alkanes of at least 4 members (excludes halogenated alkanes) is 1. The van der Waals surface area contributed by atoms with Crippen molar-refractivity contribution >= 4 is 5.97 Å². The summed E-state index contributed by atoms with van der Waals surface area (Å²) in [6, 6.07) is -0.342. The molecule has 0 aromatic carbocycles. The van der Waals surface area contributed by atoms with Gasteiger partial charge in [0.05, 0.1) is 0 Å². The van der Waals surface area contributed by atoms with Gasteiger partial charge in [-0.3, -0.25) is 14.6 Å². The van der Waals surface area contributed by atoms with E-state index in [9.17, 15) is 9.90 Å². The molecule has 0 bridgehead atoms. The van der Waals surface area contributed by atoms with Gasteiger partial charge in [-0.05, 0) is 25.9 Å². The first-order valence-electron chi connectivity index (χ1n) is 7.72. The molecule has 1 rings (SSSR count). The second-order valence-corrected chi connectivity index (χ2v) is 5.77. The maximum atomic E-state index is 11.3. The minimum absolute atomic E-state index is 0.342. The molecule has 0 aromatic rings. The van der Waals surface area contributed by atoms with Crippen LogP contribution in [-0.2, 0) is 4.79 Å². The monoisotopic (exact) mass is 280 g/mol. The smallest absolute Gasteiger partial charge is 0.322 e. The number of carboxylic acid groups (broad SMARTS) is 1. The first-order chi connectivity index (χ1) is 9.54. The molecule has 1 aliphatic rings. The molecule has 0 radical (unpaired) electrons. The highest BCUT2D eigenvalue weighted by Crippen LogP contribution is 2.11. The van der Waals surface area contributed by atoms with Gasteiger partial charge in [0.25, 0.3) is 0 Å². The minimum Gasteiger partial charge on any atom is -0.480 e. The van der Waals surface area contributed by atoms with Gasteiger partial charge in [0, 0.05) is 32.0 Å². The van der Waals surface area contributed by atoms with Gasteiger partial charge in [-0.15, -0.1) is 11.8 Å².